The lowest BCUT2D eigenvalue weighted by atomic mass is 9.97. The number of ether oxygens (including phenoxy) is 1. The normalized spacial score (nSPS) is 22.0. The molecule has 1 N–H and O–H groups in total. The third kappa shape index (κ3) is 3.21. The summed E-state index contributed by atoms with van der Waals surface area (Å²) >= 11 is 0. The summed E-state index contributed by atoms with van der Waals surface area (Å²) in [5, 5.41) is 15.3. The molecule has 1 aliphatic rings. The summed E-state index contributed by atoms with van der Waals surface area (Å²) in [7, 11) is 1.41. The summed E-state index contributed by atoms with van der Waals surface area (Å²) in [5.74, 6) is -0.163. The van der Waals surface area contributed by atoms with Crippen LogP contribution < -0.4 is 4.90 Å². The second kappa shape index (κ2) is 6.21. The van der Waals surface area contributed by atoms with E-state index in [1.807, 2.05) is 0 Å². The van der Waals surface area contributed by atoms with E-state index in [0.717, 1.165) is 25.9 Å². The Morgan fingerprint density at radius 3 is 2.57 bits per heavy atom. The molecule has 116 valence electrons. The smallest absolute Gasteiger partial charge is 0.312 e. The summed E-state index contributed by atoms with van der Waals surface area (Å²) in [6.45, 7) is 5.64. The van der Waals surface area contributed by atoms with E-state index in [1.165, 1.54) is 12.0 Å². The maximum Gasteiger partial charge on any atom is 0.312 e. The van der Waals surface area contributed by atoms with Gasteiger partial charge < -0.3 is 9.64 Å². The number of carbonyl (C=O) groups excluding carboxylic acids is 1. The average molecular weight is 297 g/mol. The standard InChI is InChI=1S/C13H20N4O4/c1-9-12(17(19)20)10(2)16(14-9)8-15-6-4-11(5-7-15)13(18)21-3/h11H,4-8H2,1-3H3/p+1. The molecule has 0 aliphatic carbocycles. The number of aromatic nitrogens is 2. The maximum atomic E-state index is 11.5. The summed E-state index contributed by atoms with van der Waals surface area (Å²) in [4.78, 5) is 23.4. The first-order valence-electron chi connectivity index (χ1n) is 7.03. The molecule has 2 rings (SSSR count). The first kappa shape index (κ1) is 15.4. The lowest BCUT2D eigenvalue weighted by Crippen LogP contribution is -3.12. The van der Waals surface area contributed by atoms with Crippen molar-refractivity contribution < 1.29 is 19.4 Å². The minimum absolute atomic E-state index is 0.0199. The number of nitro groups is 1. The molecule has 0 radical (unpaired) electrons. The lowest BCUT2D eigenvalue weighted by Gasteiger charge is -2.27. The van der Waals surface area contributed by atoms with E-state index in [2.05, 4.69) is 5.10 Å². The van der Waals surface area contributed by atoms with E-state index < -0.39 is 0 Å². The fourth-order valence-corrected chi connectivity index (χ4v) is 2.90. The third-order valence-corrected chi connectivity index (χ3v) is 4.13. The predicted molar refractivity (Wildman–Crippen MR) is 73.8 cm³/mol. The number of hydrogen-bond donors (Lipinski definition) is 1. The number of piperidine rings is 1. The molecular weight excluding hydrogens is 276 g/mol. The predicted octanol–water partition coefficient (Wildman–Crippen LogP) is -0.166. The number of nitrogens with zero attached hydrogens (tertiary/aromatic N) is 3. The Kier molecular flexibility index (Phi) is 4.56. The van der Waals surface area contributed by atoms with E-state index in [9.17, 15) is 14.9 Å². The Hall–Kier alpha value is -1.96. The van der Waals surface area contributed by atoms with E-state index >= 15 is 0 Å². The summed E-state index contributed by atoms with van der Waals surface area (Å²) in [6, 6.07) is 0. The van der Waals surface area contributed by atoms with Gasteiger partial charge in [-0.3, -0.25) is 14.9 Å². The van der Waals surface area contributed by atoms with Gasteiger partial charge in [0.2, 0.25) is 0 Å². The highest BCUT2D eigenvalue weighted by Crippen LogP contribution is 2.21. The van der Waals surface area contributed by atoms with Crippen molar-refractivity contribution in [3.05, 3.63) is 21.5 Å². The Morgan fingerprint density at radius 1 is 1.48 bits per heavy atom. The van der Waals surface area contributed by atoms with Crippen molar-refractivity contribution in [1.82, 2.24) is 9.78 Å². The zero-order valence-corrected chi connectivity index (χ0v) is 12.6. The molecule has 0 atom stereocenters. The van der Waals surface area contributed by atoms with Crippen LogP contribution in [0.15, 0.2) is 0 Å². The Labute approximate surface area is 122 Å². The van der Waals surface area contributed by atoms with Crippen LogP contribution in [0, 0.1) is 29.9 Å². The highest BCUT2D eigenvalue weighted by molar-refractivity contribution is 5.72. The van der Waals surface area contributed by atoms with Crippen LogP contribution in [0.3, 0.4) is 0 Å². The molecule has 1 aliphatic heterocycles. The average Bonchev–Trinajstić information content (AvgIpc) is 2.73. The Morgan fingerprint density at radius 2 is 2.10 bits per heavy atom. The largest absolute Gasteiger partial charge is 0.469 e. The zero-order valence-electron chi connectivity index (χ0n) is 12.6. The van der Waals surface area contributed by atoms with Gasteiger partial charge >= 0.3 is 11.7 Å². The Balaban J connectivity index is 2.00. The second-order valence-corrected chi connectivity index (χ2v) is 5.48. The highest BCUT2D eigenvalue weighted by atomic mass is 16.6. The first-order chi connectivity index (χ1) is 9.93. The van der Waals surface area contributed by atoms with E-state index in [0.29, 0.717) is 18.1 Å². The van der Waals surface area contributed by atoms with Gasteiger partial charge in [0.25, 0.3) is 0 Å². The van der Waals surface area contributed by atoms with Crippen LogP contribution in [0.1, 0.15) is 24.2 Å². The summed E-state index contributed by atoms with van der Waals surface area (Å²) < 4.78 is 6.46. The number of methoxy groups -OCH3 is 1. The fourth-order valence-electron chi connectivity index (χ4n) is 2.90. The number of quaternary nitrogens is 1. The van der Waals surface area contributed by atoms with Crippen LogP contribution in [0.2, 0.25) is 0 Å². The van der Waals surface area contributed by atoms with Gasteiger partial charge in [0.1, 0.15) is 11.4 Å². The van der Waals surface area contributed by atoms with Gasteiger partial charge in [0.15, 0.2) is 6.67 Å². The molecule has 8 heteroatoms. The van der Waals surface area contributed by atoms with Crippen LogP contribution >= 0.6 is 0 Å². The fraction of sp³-hybridized carbons (Fsp3) is 0.692. The lowest BCUT2D eigenvalue weighted by molar-refractivity contribution is -0.929. The SMILES string of the molecule is COC(=O)C1CC[NH+](Cn2nc(C)c([N+](=O)[O-])c2C)CC1. The molecule has 0 bridgehead atoms. The number of nitrogens with one attached hydrogen (secondary N) is 1. The molecule has 1 aromatic heterocycles. The van der Waals surface area contributed by atoms with Crippen molar-refractivity contribution in [3.63, 3.8) is 0 Å². The molecule has 1 fully saturated rings. The zero-order chi connectivity index (χ0) is 15.6. The summed E-state index contributed by atoms with van der Waals surface area (Å²) in [6.07, 6.45) is 1.56. The van der Waals surface area contributed by atoms with Gasteiger partial charge in [-0.05, 0) is 13.8 Å². The van der Waals surface area contributed by atoms with Crippen molar-refractivity contribution in [2.75, 3.05) is 20.2 Å². The number of aryl methyl sites for hydroxylation is 1. The number of likely N-dealkylation sites (tertiary alicyclic amines) is 1. The third-order valence-electron chi connectivity index (χ3n) is 4.13. The van der Waals surface area contributed by atoms with Crippen molar-refractivity contribution in [2.45, 2.75) is 33.4 Å². The Bertz CT molecular complexity index is 547. The number of carbonyl (C=O) groups is 1. The summed E-state index contributed by atoms with van der Waals surface area (Å²) in [5.41, 5.74) is 1.13. The van der Waals surface area contributed by atoms with Crippen LogP contribution in [0.4, 0.5) is 5.69 Å². The van der Waals surface area contributed by atoms with Gasteiger partial charge in [-0.15, -0.1) is 0 Å². The van der Waals surface area contributed by atoms with Gasteiger partial charge in [-0.2, -0.15) is 5.10 Å². The van der Waals surface area contributed by atoms with E-state index in [-0.39, 0.29) is 22.5 Å². The number of esters is 1. The van der Waals surface area contributed by atoms with E-state index in [1.54, 1.807) is 18.5 Å². The van der Waals surface area contributed by atoms with Gasteiger partial charge in [-0.25, -0.2) is 4.68 Å². The molecule has 0 spiro atoms. The number of hydrogen-bond acceptors (Lipinski definition) is 5. The van der Waals surface area contributed by atoms with Crippen LogP contribution in [-0.2, 0) is 16.2 Å². The van der Waals surface area contributed by atoms with Crippen molar-refractivity contribution in [2.24, 2.45) is 5.92 Å². The molecule has 2 heterocycles. The molecule has 0 aromatic carbocycles. The van der Waals surface area contributed by atoms with Crippen molar-refractivity contribution >= 4 is 11.7 Å². The molecule has 0 amide bonds. The van der Waals surface area contributed by atoms with Gasteiger partial charge in [0, 0.05) is 12.8 Å². The van der Waals surface area contributed by atoms with Crippen LogP contribution in [0.25, 0.3) is 0 Å². The maximum absolute atomic E-state index is 11.5. The van der Waals surface area contributed by atoms with Crippen molar-refractivity contribution in [3.8, 4) is 0 Å². The second-order valence-electron chi connectivity index (χ2n) is 5.48. The topological polar surface area (TPSA) is 91.7 Å². The van der Waals surface area contributed by atoms with Gasteiger partial charge in [0.05, 0.1) is 31.0 Å². The minimum atomic E-state index is -0.382. The van der Waals surface area contributed by atoms with Crippen molar-refractivity contribution in [1.29, 1.82) is 0 Å². The van der Waals surface area contributed by atoms with Crippen LogP contribution in [-0.4, -0.2) is 40.9 Å². The number of rotatable bonds is 4. The molecule has 0 unspecified atom stereocenters. The molecule has 1 saturated heterocycles. The minimum Gasteiger partial charge on any atom is -0.469 e. The molecule has 8 nitrogen and oxygen atoms in total. The molecular formula is C13H21N4O4+. The molecule has 0 saturated carbocycles. The first-order valence-corrected chi connectivity index (χ1v) is 7.03. The van der Waals surface area contributed by atoms with Crippen LogP contribution in [0.5, 0.6) is 0 Å². The molecule has 1 aromatic rings. The van der Waals surface area contributed by atoms with Gasteiger partial charge in [-0.1, -0.05) is 0 Å². The highest BCUT2D eigenvalue weighted by Gasteiger charge is 2.29. The van der Waals surface area contributed by atoms with E-state index in [4.69, 9.17) is 4.74 Å². The molecule has 21 heavy (non-hydrogen) atoms. The quantitative estimate of drug-likeness (QED) is 0.473. The monoisotopic (exact) mass is 297 g/mol.